The van der Waals surface area contributed by atoms with Crippen LogP contribution < -0.4 is 0 Å². The normalized spacial score (nSPS) is 16.5. The molecule has 116 valence electrons. The molecular weight excluding hydrogens is 322 g/mol. The van der Waals surface area contributed by atoms with Gasteiger partial charge in [0, 0.05) is 22.0 Å². The van der Waals surface area contributed by atoms with Crippen molar-refractivity contribution in [2.45, 2.75) is 23.0 Å². The second-order valence-electron chi connectivity index (χ2n) is 5.63. The van der Waals surface area contributed by atoms with Crippen LogP contribution in [0, 0.1) is 6.92 Å². The van der Waals surface area contributed by atoms with Crippen LogP contribution in [0.15, 0.2) is 64.6 Å². The van der Waals surface area contributed by atoms with E-state index in [-0.39, 0.29) is 0 Å². The molecule has 3 aromatic rings. The lowest BCUT2D eigenvalue weighted by Crippen LogP contribution is -2.11. The molecule has 0 saturated heterocycles. The van der Waals surface area contributed by atoms with Crippen LogP contribution in [0.4, 0.5) is 0 Å². The molecule has 1 aromatic heterocycles. The number of rotatable bonds is 4. The Hall–Kier alpha value is -1.72. The second-order valence-corrected chi connectivity index (χ2v) is 7.71. The molecule has 5 heteroatoms. The summed E-state index contributed by atoms with van der Waals surface area (Å²) in [6, 6.07) is 19.5. The molecule has 2 heterocycles. The van der Waals surface area contributed by atoms with E-state index in [1.54, 1.807) is 11.8 Å². The summed E-state index contributed by atoms with van der Waals surface area (Å²) in [6.07, 6.45) is 0. The quantitative estimate of drug-likeness (QED) is 0.645. The zero-order valence-electron chi connectivity index (χ0n) is 12.8. The number of hydrogen-bond donors (Lipinski definition) is 0. The first kappa shape index (κ1) is 14.8. The Kier molecular flexibility index (Phi) is 4.14. The minimum absolute atomic E-state index is 0.437. The van der Waals surface area contributed by atoms with Gasteiger partial charge in [-0.05, 0) is 19.1 Å². The van der Waals surface area contributed by atoms with Gasteiger partial charge in [0.1, 0.15) is 0 Å². The van der Waals surface area contributed by atoms with Gasteiger partial charge in [0.2, 0.25) is 0 Å². The molecule has 23 heavy (non-hydrogen) atoms. The SMILES string of the molecule is Cc1ccc(SC[C@@H]2CSc3nnc(-c4ccccc4)n32)cc1. The van der Waals surface area contributed by atoms with Crippen LogP contribution in [0.3, 0.4) is 0 Å². The number of fused-ring (bicyclic) bond motifs is 1. The predicted molar refractivity (Wildman–Crippen MR) is 97.1 cm³/mol. The van der Waals surface area contributed by atoms with Gasteiger partial charge in [-0.15, -0.1) is 22.0 Å². The number of nitrogens with zero attached hydrogens (tertiary/aromatic N) is 3. The first-order valence-corrected chi connectivity index (χ1v) is 9.61. The molecule has 0 unspecified atom stereocenters. The van der Waals surface area contributed by atoms with Gasteiger partial charge in [0.25, 0.3) is 0 Å². The summed E-state index contributed by atoms with van der Waals surface area (Å²) >= 11 is 3.71. The van der Waals surface area contributed by atoms with E-state index in [1.165, 1.54) is 10.5 Å². The first-order valence-electron chi connectivity index (χ1n) is 7.64. The number of aromatic nitrogens is 3. The van der Waals surface area contributed by atoms with Gasteiger partial charge in [0.05, 0.1) is 6.04 Å². The maximum atomic E-state index is 4.41. The summed E-state index contributed by atoms with van der Waals surface area (Å²) in [6.45, 7) is 2.12. The molecule has 0 aliphatic carbocycles. The van der Waals surface area contributed by atoms with Crippen LogP contribution in [0.1, 0.15) is 11.6 Å². The van der Waals surface area contributed by atoms with Crippen molar-refractivity contribution < 1.29 is 0 Å². The lowest BCUT2D eigenvalue weighted by Gasteiger charge is -2.14. The van der Waals surface area contributed by atoms with E-state index in [0.29, 0.717) is 6.04 Å². The molecule has 1 aliphatic rings. The molecule has 0 N–H and O–H groups in total. The van der Waals surface area contributed by atoms with E-state index < -0.39 is 0 Å². The molecule has 0 saturated carbocycles. The first-order chi connectivity index (χ1) is 11.3. The maximum Gasteiger partial charge on any atom is 0.191 e. The van der Waals surface area contributed by atoms with Crippen LogP contribution in [0.25, 0.3) is 11.4 Å². The smallest absolute Gasteiger partial charge is 0.191 e. The molecule has 0 amide bonds. The fraction of sp³-hybridized carbons (Fsp3) is 0.222. The fourth-order valence-corrected chi connectivity index (χ4v) is 4.89. The van der Waals surface area contributed by atoms with E-state index in [9.17, 15) is 0 Å². The fourth-order valence-electron chi connectivity index (χ4n) is 2.68. The third kappa shape index (κ3) is 3.03. The minimum Gasteiger partial charge on any atom is -0.297 e. The van der Waals surface area contributed by atoms with Crippen molar-refractivity contribution in [2.24, 2.45) is 0 Å². The average Bonchev–Trinajstić information content (AvgIpc) is 3.17. The maximum absolute atomic E-state index is 4.41. The lowest BCUT2D eigenvalue weighted by molar-refractivity contribution is 0.597. The Morgan fingerprint density at radius 1 is 1.09 bits per heavy atom. The van der Waals surface area contributed by atoms with E-state index >= 15 is 0 Å². The van der Waals surface area contributed by atoms with Crippen molar-refractivity contribution in [1.82, 2.24) is 14.8 Å². The van der Waals surface area contributed by atoms with Gasteiger partial charge in [-0.1, -0.05) is 59.8 Å². The molecule has 2 aromatic carbocycles. The highest BCUT2D eigenvalue weighted by molar-refractivity contribution is 8.00. The van der Waals surface area contributed by atoms with Gasteiger partial charge >= 0.3 is 0 Å². The highest BCUT2D eigenvalue weighted by Crippen LogP contribution is 2.38. The number of aryl methyl sites for hydroxylation is 1. The van der Waals surface area contributed by atoms with Gasteiger partial charge in [-0.25, -0.2) is 0 Å². The van der Waals surface area contributed by atoms with Crippen molar-refractivity contribution in [3.05, 3.63) is 60.2 Å². The molecule has 0 bridgehead atoms. The Balaban J connectivity index is 1.55. The van der Waals surface area contributed by atoms with Crippen LogP contribution >= 0.6 is 23.5 Å². The van der Waals surface area contributed by atoms with Crippen molar-refractivity contribution in [3.8, 4) is 11.4 Å². The van der Waals surface area contributed by atoms with Crippen LogP contribution in [-0.2, 0) is 0 Å². The average molecular weight is 339 g/mol. The summed E-state index contributed by atoms with van der Waals surface area (Å²) in [5.41, 5.74) is 2.44. The van der Waals surface area contributed by atoms with Crippen molar-refractivity contribution in [2.75, 3.05) is 11.5 Å². The molecule has 0 spiro atoms. The Labute approximate surface area is 144 Å². The molecule has 0 fully saturated rings. The van der Waals surface area contributed by atoms with E-state index in [4.69, 9.17) is 0 Å². The van der Waals surface area contributed by atoms with Crippen molar-refractivity contribution in [3.63, 3.8) is 0 Å². The van der Waals surface area contributed by atoms with Gasteiger partial charge in [0.15, 0.2) is 11.0 Å². The minimum atomic E-state index is 0.437. The van der Waals surface area contributed by atoms with E-state index in [2.05, 4.69) is 70.2 Å². The summed E-state index contributed by atoms with van der Waals surface area (Å²) in [7, 11) is 0. The van der Waals surface area contributed by atoms with E-state index in [1.807, 2.05) is 17.8 Å². The molecule has 4 rings (SSSR count). The molecule has 1 atom stereocenters. The highest BCUT2D eigenvalue weighted by atomic mass is 32.2. The van der Waals surface area contributed by atoms with Crippen LogP contribution in [0.2, 0.25) is 0 Å². The van der Waals surface area contributed by atoms with Gasteiger partial charge in [-0.2, -0.15) is 0 Å². The molecule has 0 radical (unpaired) electrons. The topological polar surface area (TPSA) is 30.7 Å². The van der Waals surface area contributed by atoms with Gasteiger partial charge in [-0.3, -0.25) is 4.57 Å². The summed E-state index contributed by atoms with van der Waals surface area (Å²) < 4.78 is 2.31. The Morgan fingerprint density at radius 2 is 1.87 bits per heavy atom. The largest absolute Gasteiger partial charge is 0.297 e. The monoisotopic (exact) mass is 339 g/mol. The van der Waals surface area contributed by atoms with Crippen molar-refractivity contribution >= 4 is 23.5 Å². The van der Waals surface area contributed by atoms with Crippen molar-refractivity contribution in [1.29, 1.82) is 0 Å². The Bertz CT molecular complexity index is 797. The summed E-state index contributed by atoms with van der Waals surface area (Å²) in [5.74, 6) is 3.10. The second kappa shape index (κ2) is 6.42. The molecule has 3 nitrogen and oxygen atoms in total. The van der Waals surface area contributed by atoms with E-state index in [0.717, 1.165) is 28.0 Å². The summed E-state index contributed by atoms with van der Waals surface area (Å²) in [5, 5.41) is 9.80. The Morgan fingerprint density at radius 3 is 2.65 bits per heavy atom. The lowest BCUT2D eigenvalue weighted by atomic mass is 10.2. The molecule has 1 aliphatic heterocycles. The number of thioether (sulfide) groups is 2. The van der Waals surface area contributed by atoms with Gasteiger partial charge < -0.3 is 0 Å². The number of benzene rings is 2. The zero-order chi connectivity index (χ0) is 15.6. The third-order valence-corrected chi connectivity index (χ3v) is 6.17. The summed E-state index contributed by atoms with van der Waals surface area (Å²) in [4.78, 5) is 1.32. The molecular formula is C18H17N3S2. The highest BCUT2D eigenvalue weighted by Gasteiger charge is 2.28. The zero-order valence-corrected chi connectivity index (χ0v) is 14.5. The standard InChI is InChI=1S/C18H17N3S2/c1-13-7-9-16(10-8-13)22-11-15-12-23-18-20-19-17(21(15)18)14-5-3-2-4-6-14/h2-10,15H,11-12H2,1H3/t15-/m1/s1. The van der Waals surface area contributed by atoms with Crippen LogP contribution in [-0.4, -0.2) is 26.3 Å². The van der Waals surface area contributed by atoms with Crippen LogP contribution in [0.5, 0.6) is 0 Å². The third-order valence-electron chi connectivity index (χ3n) is 3.93. The number of hydrogen-bond acceptors (Lipinski definition) is 4. The predicted octanol–water partition coefficient (Wildman–Crippen LogP) is 4.69.